The third-order valence-corrected chi connectivity index (χ3v) is 4.62. The van der Waals surface area contributed by atoms with E-state index in [0.717, 1.165) is 0 Å². The average Bonchev–Trinajstić information content (AvgIpc) is 2.84. The summed E-state index contributed by atoms with van der Waals surface area (Å²) in [5.41, 5.74) is 1.98. The highest BCUT2D eigenvalue weighted by Crippen LogP contribution is 2.12. The van der Waals surface area contributed by atoms with Gasteiger partial charge in [0.05, 0.1) is 13.2 Å². The normalized spacial score (nSPS) is 10.3. The Kier molecular flexibility index (Phi) is 11.2. The summed E-state index contributed by atoms with van der Waals surface area (Å²) in [4.78, 5) is 48.2. The fraction of sp³-hybridized carbons (Fsp3) is 0.333. The lowest BCUT2D eigenvalue weighted by Gasteiger charge is -2.09. The molecule has 0 unspecified atom stereocenters. The summed E-state index contributed by atoms with van der Waals surface area (Å²) in [6.45, 7) is 1.66. The monoisotopic (exact) mass is 470 g/mol. The van der Waals surface area contributed by atoms with Crippen molar-refractivity contribution in [2.24, 2.45) is 0 Å². The van der Waals surface area contributed by atoms with Gasteiger partial charge in [0, 0.05) is 62.7 Å². The van der Waals surface area contributed by atoms with Crippen LogP contribution in [0.1, 0.15) is 33.6 Å². The molecule has 34 heavy (non-hydrogen) atoms. The summed E-state index contributed by atoms with van der Waals surface area (Å²) >= 11 is 0. The third-order valence-electron chi connectivity index (χ3n) is 4.62. The van der Waals surface area contributed by atoms with Crippen LogP contribution in [0, 0.1) is 0 Å². The highest BCUT2D eigenvalue weighted by Gasteiger charge is 2.10. The number of hydrogen-bond acceptors (Lipinski definition) is 6. The second-order valence-corrected chi connectivity index (χ2v) is 7.25. The van der Waals surface area contributed by atoms with Crippen molar-refractivity contribution in [3.63, 3.8) is 0 Å². The van der Waals surface area contributed by atoms with Gasteiger partial charge in [-0.05, 0) is 48.5 Å². The Morgan fingerprint density at radius 3 is 1.29 bits per heavy atom. The topological polar surface area (TPSA) is 135 Å². The first kappa shape index (κ1) is 26.5. The number of amides is 4. The molecule has 4 amide bonds. The molecule has 0 aliphatic rings. The van der Waals surface area contributed by atoms with Crippen molar-refractivity contribution >= 4 is 35.0 Å². The zero-order valence-corrected chi connectivity index (χ0v) is 19.3. The molecule has 0 spiro atoms. The number of benzene rings is 2. The van der Waals surface area contributed by atoms with Crippen molar-refractivity contribution in [3.8, 4) is 0 Å². The molecule has 2 aromatic carbocycles. The summed E-state index contributed by atoms with van der Waals surface area (Å²) in [6, 6.07) is 12.9. The minimum absolute atomic E-state index is 0.00885. The van der Waals surface area contributed by atoms with Crippen LogP contribution in [0.25, 0.3) is 0 Å². The van der Waals surface area contributed by atoms with Gasteiger partial charge in [0.25, 0.3) is 11.8 Å². The van der Waals surface area contributed by atoms with Crippen LogP contribution in [0.5, 0.6) is 0 Å². The largest absolute Gasteiger partial charge is 0.383 e. The van der Waals surface area contributed by atoms with Crippen molar-refractivity contribution in [1.29, 1.82) is 0 Å². The first-order valence-corrected chi connectivity index (χ1v) is 10.8. The summed E-state index contributed by atoms with van der Waals surface area (Å²) in [7, 11) is 3.11. The van der Waals surface area contributed by atoms with Crippen LogP contribution in [0.15, 0.2) is 48.5 Å². The van der Waals surface area contributed by atoms with E-state index in [-0.39, 0.29) is 36.5 Å². The zero-order valence-electron chi connectivity index (χ0n) is 19.3. The molecule has 4 N–H and O–H groups in total. The van der Waals surface area contributed by atoms with Crippen LogP contribution in [0.3, 0.4) is 0 Å². The molecule has 0 aromatic heterocycles. The summed E-state index contributed by atoms with van der Waals surface area (Å²) in [6.07, 6.45) is -0.0177. The molecule has 0 fully saturated rings. The molecule has 0 saturated heterocycles. The lowest BCUT2D eigenvalue weighted by molar-refractivity contribution is -0.121. The van der Waals surface area contributed by atoms with Gasteiger partial charge in [-0.2, -0.15) is 0 Å². The molecule has 0 heterocycles. The van der Waals surface area contributed by atoms with Crippen LogP contribution >= 0.6 is 0 Å². The quantitative estimate of drug-likeness (QED) is 0.330. The van der Waals surface area contributed by atoms with Gasteiger partial charge in [0.15, 0.2) is 0 Å². The standard InChI is InChI=1S/C24H30N4O6/c1-33-15-13-25-23(31)17-3-7-19(8-4-17)27-21(29)11-12-22(30)28-20-9-5-18(6-10-20)24(32)26-14-16-34-2/h3-10H,11-16H2,1-2H3,(H,25,31)(H,26,32)(H,27,29)(H,28,30). The Morgan fingerprint density at radius 1 is 0.618 bits per heavy atom. The highest BCUT2D eigenvalue weighted by molar-refractivity contribution is 5.98. The number of carbonyl (C=O) groups excluding carboxylic acids is 4. The molecule has 0 bridgehead atoms. The number of hydrogen-bond donors (Lipinski definition) is 4. The summed E-state index contributed by atoms with van der Waals surface area (Å²) < 4.78 is 9.77. The van der Waals surface area contributed by atoms with E-state index in [1.165, 1.54) is 0 Å². The predicted molar refractivity (Wildman–Crippen MR) is 128 cm³/mol. The highest BCUT2D eigenvalue weighted by atomic mass is 16.5. The van der Waals surface area contributed by atoms with Crippen LogP contribution < -0.4 is 21.3 Å². The Morgan fingerprint density at radius 2 is 0.971 bits per heavy atom. The van der Waals surface area contributed by atoms with Gasteiger partial charge in [-0.3, -0.25) is 19.2 Å². The number of nitrogens with one attached hydrogen (secondary N) is 4. The van der Waals surface area contributed by atoms with Crippen molar-refractivity contribution in [3.05, 3.63) is 59.7 Å². The Bertz CT molecular complexity index is 881. The van der Waals surface area contributed by atoms with E-state index in [2.05, 4.69) is 21.3 Å². The SMILES string of the molecule is COCCNC(=O)c1ccc(NC(=O)CCC(=O)Nc2ccc(C(=O)NCCOC)cc2)cc1. The predicted octanol–water partition coefficient (Wildman–Crippen LogP) is 1.80. The smallest absolute Gasteiger partial charge is 0.251 e. The lowest BCUT2D eigenvalue weighted by Crippen LogP contribution is -2.26. The van der Waals surface area contributed by atoms with E-state index in [0.29, 0.717) is 48.8 Å². The fourth-order valence-electron chi connectivity index (χ4n) is 2.82. The number of ether oxygens (including phenoxy) is 2. The first-order chi connectivity index (χ1) is 16.4. The van der Waals surface area contributed by atoms with Gasteiger partial charge in [0.2, 0.25) is 11.8 Å². The Hall–Kier alpha value is -3.76. The van der Waals surface area contributed by atoms with E-state index < -0.39 is 0 Å². The molecule has 0 saturated carbocycles. The van der Waals surface area contributed by atoms with E-state index >= 15 is 0 Å². The zero-order chi connectivity index (χ0) is 24.8. The molecule has 2 aromatic rings. The van der Waals surface area contributed by atoms with Crippen LogP contribution in [0.2, 0.25) is 0 Å². The number of anilines is 2. The van der Waals surface area contributed by atoms with E-state index in [1.54, 1.807) is 62.8 Å². The third kappa shape index (κ3) is 9.39. The van der Waals surface area contributed by atoms with E-state index in [4.69, 9.17) is 9.47 Å². The molecular formula is C24H30N4O6. The van der Waals surface area contributed by atoms with Gasteiger partial charge in [-0.15, -0.1) is 0 Å². The number of carbonyl (C=O) groups is 4. The molecular weight excluding hydrogens is 440 g/mol. The van der Waals surface area contributed by atoms with Crippen molar-refractivity contribution in [2.45, 2.75) is 12.8 Å². The lowest BCUT2D eigenvalue weighted by atomic mass is 10.2. The van der Waals surface area contributed by atoms with E-state index in [9.17, 15) is 19.2 Å². The molecule has 10 heteroatoms. The molecule has 182 valence electrons. The van der Waals surface area contributed by atoms with Gasteiger partial charge in [-0.25, -0.2) is 0 Å². The second kappa shape index (κ2) is 14.4. The average molecular weight is 471 g/mol. The molecule has 2 rings (SSSR count). The van der Waals surface area contributed by atoms with Crippen molar-refractivity contribution in [1.82, 2.24) is 10.6 Å². The van der Waals surface area contributed by atoms with Gasteiger partial charge < -0.3 is 30.7 Å². The molecule has 0 atom stereocenters. The maximum absolute atomic E-state index is 12.2. The van der Waals surface area contributed by atoms with Gasteiger partial charge >= 0.3 is 0 Å². The molecule has 10 nitrogen and oxygen atoms in total. The van der Waals surface area contributed by atoms with E-state index in [1.807, 2.05) is 0 Å². The van der Waals surface area contributed by atoms with Crippen LogP contribution in [-0.4, -0.2) is 64.2 Å². The summed E-state index contributed by atoms with van der Waals surface area (Å²) in [5, 5.41) is 10.8. The number of rotatable bonds is 13. The molecule has 0 radical (unpaired) electrons. The Balaban J connectivity index is 1.74. The van der Waals surface area contributed by atoms with Crippen molar-refractivity contribution in [2.75, 3.05) is 51.2 Å². The Labute approximate surface area is 198 Å². The second-order valence-electron chi connectivity index (χ2n) is 7.25. The maximum Gasteiger partial charge on any atom is 0.251 e. The fourth-order valence-corrected chi connectivity index (χ4v) is 2.82. The van der Waals surface area contributed by atoms with Gasteiger partial charge in [-0.1, -0.05) is 0 Å². The molecule has 0 aliphatic carbocycles. The van der Waals surface area contributed by atoms with Crippen molar-refractivity contribution < 1.29 is 28.7 Å². The van der Waals surface area contributed by atoms with Crippen LogP contribution in [0.4, 0.5) is 11.4 Å². The van der Waals surface area contributed by atoms with Gasteiger partial charge in [0.1, 0.15) is 0 Å². The summed E-state index contributed by atoms with van der Waals surface area (Å²) in [5.74, 6) is -1.11. The van der Waals surface area contributed by atoms with Crippen LogP contribution in [-0.2, 0) is 19.1 Å². The molecule has 0 aliphatic heterocycles. The first-order valence-electron chi connectivity index (χ1n) is 10.8. The minimum Gasteiger partial charge on any atom is -0.383 e. The maximum atomic E-state index is 12.2. The number of methoxy groups -OCH3 is 2. The minimum atomic E-state index is -0.324.